The SMILES string of the molecule is Cc1cc(OS(=O)(=O)c2ccc3[nH]c(=O)[nH]c3c2)n(C(N)=S)n1. The highest BCUT2D eigenvalue weighted by atomic mass is 32.2. The van der Waals surface area contributed by atoms with Crippen molar-refractivity contribution in [2.45, 2.75) is 11.8 Å². The van der Waals surface area contributed by atoms with Crippen LogP contribution in [0.2, 0.25) is 0 Å². The second-order valence-electron chi connectivity index (χ2n) is 4.70. The Labute approximate surface area is 135 Å². The zero-order valence-corrected chi connectivity index (χ0v) is 13.4. The van der Waals surface area contributed by atoms with Crippen LogP contribution in [0.25, 0.3) is 11.0 Å². The molecule has 0 radical (unpaired) electrons. The lowest BCUT2D eigenvalue weighted by Crippen LogP contribution is -2.23. The van der Waals surface area contributed by atoms with Crippen molar-refractivity contribution in [3.8, 4) is 5.88 Å². The molecule has 2 aromatic heterocycles. The maximum Gasteiger partial charge on any atom is 0.340 e. The number of rotatable bonds is 3. The smallest absolute Gasteiger partial charge is 0.340 e. The maximum absolute atomic E-state index is 12.4. The highest BCUT2D eigenvalue weighted by molar-refractivity contribution is 7.87. The number of imidazole rings is 1. The Morgan fingerprint density at radius 2 is 2.00 bits per heavy atom. The van der Waals surface area contributed by atoms with Gasteiger partial charge < -0.3 is 19.9 Å². The van der Waals surface area contributed by atoms with Crippen LogP contribution in [-0.4, -0.2) is 33.3 Å². The van der Waals surface area contributed by atoms with E-state index in [1.165, 1.54) is 24.3 Å². The molecule has 2 heterocycles. The van der Waals surface area contributed by atoms with E-state index in [-0.39, 0.29) is 15.9 Å². The minimum atomic E-state index is -4.15. The van der Waals surface area contributed by atoms with Crippen LogP contribution in [0.3, 0.4) is 0 Å². The number of aromatic nitrogens is 4. The lowest BCUT2D eigenvalue weighted by molar-refractivity contribution is 0.468. The molecular formula is C12H11N5O4S2. The van der Waals surface area contributed by atoms with Crippen molar-refractivity contribution in [1.82, 2.24) is 19.7 Å². The molecule has 9 nitrogen and oxygen atoms in total. The maximum atomic E-state index is 12.4. The van der Waals surface area contributed by atoms with Crippen LogP contribution >= 0.6 is 12.2 Å². The van der Waals surface area contributed by atoms with Crippen LogP contribution in [0, 0.1) is 6.92 Å². The summed E-state index contributed by atoms with van der Waals surface area (Å²) < 4.78 is 30.8. The van der Waals surface area contributed by atoms with Gasteiger partial charge in [0.15, 0.2) is 5.11 Å². The van der Waals surface area contributed by atoms with Gasteiger partial charge in [0, 0.05) is 6.07 Å². The molecule has 0 unspecified atom stereocenters. The Morgan fingerprint density at radius 3 is 2.70 bits per heavy atom. The molecule has 0 saturated heterocycles. The third-order valence-electron chi connectivity index (χ3n) is 2.98. The van der Waals surface area contributed by atoms with Crippen LogP contribution in [-0.2, 0) is 10.1 Å². The first kappa shape index (κ1) is 15.2. The third kappa shape index (κ3) is 2.83. The normalized spacial score (nSPS) is 11.7. The molecule has 0 aliphatic heterocycles. The summed E-state index contributed by atoms with van der Waals surface area (Å²) in [6, 6.07) is 5.46. The Hall–Kier alpha value is -2.66. The molecule has 4 N–H and O–H groups in total. The van der Waals surface area contributed by atoms with E-state index >= 15 is 0 Å². The zero-order chi connectivity index (χ0) is 16.8. The second kappa shape index (κ2) is 5.21. The van der Waals surface area contributed by atoms with E-state index in [4.69, 9.17) is 22.1 Å². The standard InChI is InChI=1S/C12H11N5O4S2/c1-6-4-10(17(16-6)11(13)22)21-23(19,20)7-2-3-8-9(5-7)15-12(18)14-8/h2-5H,1H3,(H2,13,22)(H2,14,15,18). The zero-order valence-electron chi connectivity index (χ0n) is 11.7. The van der Waals surface area contributed by atoms with Gasteiger partial charge in [-0.3, -0.25) is 0 Å². The van der Waals surface area contributed by atoms with E-state index in [1.54, 1.807) is 6.92 Å². The van der Waals surface area contributed by atoms with E-state index in [0.717, 1.165) is 4.68 Å². The minimum absolute atomic E-state index is 0.113. The molecule has 3 rings (SSSR count). The van der Waals surface area contributed by atoms with Gasteiger partial charge in [-0.1, -0.05) is 0 Å². The van der Waals surface area contributed by atoms with Crippen molar-refractivity contribution < 1.29 is 12.6 Å². The van der Waals surface area contributed by atoms with E-state index in [9.17, 15) is 13.2 Å². The molecule has 0 atom stereocenters. The molecule has 0 spiro atoms. The lowest BCUT2D eigenvalue weighted by atomic mass is 10.3. The van der Waals surface area contributed by atoms with Crippen LogP contribution in [0.15, 0.2) is 34.0 Å². The molecular weight excluding hydrogens is 342 g/mol. The Bertz CT molecular complexity index is 1080. The summed E-state index contributed by atoms with van der Waals surface area (Å²) in [5.74, 6) is -0.113. The van der Waals surface area contributed by atoms with Gasteiger partial charge in [-0.25, -0.2) is 4.79 Å². The molecule has 0 bridgehead atoms. The van der Waals surface area contributed by atoms with E-state index < -0.39 is 15.8 Å². The summed E-state index contributed by atoms with van der Waals surface area (Å²) in [7, 11) is -4.15. The number of H-pyrrole nitrogens is 2. The van der Waals surface area contributed by atoms with E-state index in [2.05, 4.69) is 15.1 Å². The Kier molecular flexibility index (Phi) is 3.45. The molecule has 0 aliphatic carbocycles. The predicted octanol–water partition coefficient (Wildman–Crippen LogP) is 0.221. The molecule has 11 heteroatoms. The first-order valence-corrected chi connectivity index (χ1v) is 8.11. The molecule has 0 fully saturated rings. The fraction of sp³-hybridized carbons (Fsp3) is 0.0833. The number of nitrogens with two attached hydrogens (primary N) is 1. The minimum Gasteiger partial charge on any atom is -0.374 e. The van der Waals surface area contributed by atoms with Crippen molar-refractivity contribution in [2.75, 3.05) is 0 Å². The van der Waals surface area contributed by atoms with E-state index in [0.29, 0.717) is 16.7 Å². The molecule has 120 valence electrons. The van der Waals surface area contributed by atoms with Crippen LogP contribution in [0.1, 0.15) is 5.69 Å². The Balaban J connectivity index is 2.03. The summed E-state index contributed by atoms with van der Waals surface area (Å²) in [4.78, 5) is 16.1. The second-order valence-corrected chi connectivity index (χ2v) is 6.66. The Morgan fingerprint density at radius 1 is 1.30 bits per heavy atom. The number of thiocarbonyl (C=S) groups is 1. The van der Waals surface area contributed by atoms with Crippen molar-refractivity contribution in [2.24, 2.45) is 5.73 Å². The number of fused-ring (bicyclic) bond motifs is 1. The van der Waals surface area contributed by atoms with Crippen molar-refractivity contribution >= 4 is 38.5 Å². The fourth-order valence-electron chi connectivity index (χ4n) is 2.02. The van der Waals surface area contributed by atoms with E-state index in [1.807, 2.05) is 0 Å². The predicted molar refractivity (Wildman–Crippen MR) is 85.9 cm³/mol. The average molecular weight is 353 g/mol. The highest BCUT2D eigenvalue weighted by Gasteiger charge is 2.21. The fourth-order valence-corrected chi connectivity index (χ4v) is 3.09. The van der Waals surface area contributed by atoms with Crippen molar-refractivity contribution in [1.29, 1.82) is 0 Å². The summed E-state index contributed by atoms with van der Waals surface area (Å²) in [5, 5.41) is 3.81. The van der Waals surface area contributed by atoms with Crippen LogP contribution < -0.4 is 15.6 Å². The van der Waals surface area contributed by atoms with Crippen LogP contribution in [0.4, 0.5) is 0 Å². The van der Waals surface area contributed by atoms with Crippen molar-refractivity contribution in [3.63, 3.8) is 0 Å². The number of hydrogen-bond acceptors (Lipinski definition) is 6. The molecule has 23 heavy (non-hydrogen) atoms. The number of nitrogens with zero attached hydrogens (tertiary/aromatic N) is 2. The number of aromatic amines is 2. The topological polar surface area (TPSA) is 136 Å². The summed E-state index contributed by atoms with van der Waals surface area (Å²) in [6.07, 6.45) is 0. The van der Waals surface area contributed by atoms with Gasteiger partial charge in [0.1, 0.15) is 4.90 Å². The summed E-state index contributed by atoms with van der Waals surface area (Å²) in [6.45, 7) is 1.64. The molecule has 0 aliphatic rings. The van der Waals surface area contributed by atoms with Gasteiger partial charge in [-0.05, 0) is 37.3 Å². The van der Waals surface area contributed by atoms with Crippen molar-refractivity contribution in [3.05, 3.63) is 40.4 Å². The van der Waals surface area contributed by atoms with Gasteiger partial charge in [0.05, 0.1) is 16.7 Å². The number of hydrogen-bond donors (Lipinski definition) is 3. The number of aryl methyl sites for hydroxylation is 1. The molecule has 0 amide bonds. The van der Waals surface area contributed by atoms with Gasteiger partial charge in [0.25, 0.3) is 0 Å². The molecule has 3 aromatic rings. The largest absolute Gasteiger partial charge is 0.374 e. The molecule has 1 aromatic carbocycles. The van der Waals surface area contributed by atoms with Gasteiger partial charge in [-0.2, -0.15) is 18.2 Å². The first-order chi connectivity index (χ1) is 10.8. The lowest BCUT2D eigenvalue weighted by Gasteiger charge is -2.08. The quantitative estimate of drug-likeness (QED) is 0.452. The number of nitrogens with one attached hydrogen (secondary N) is 2. The first-order valence-electron chi connectivity index (χ1n) is 6.29. The number of benzene rings is 1. The van der Waals surface area contributed by atoms with Gasteiger partial charge in [0.2, 0.25) is 5.88 Å². The van der Waals surface area contributed by atoms with Gasteiger partial charge >= 0.3 is 15.8 Å². The van der Waals surface area contributed by atoms with Gasteiger partial charge in [-0.15, -0.1) is 0 Å². The highest BCUT2D eigenvalue weighted by Crippen LogP contribution is 2.21. The monoisotopic (exact) mass is 353 g/mol. The van der Waals surface area contributed by atoms with Crippen LogP contribution in [0.5, 0.6) is 5.88 Å². The molecule has 0 saturated carbocycles. The summed E-state index contributed by atoms with van der Waals surface area (Å²) >= 11 is 4.79. The summed E-state index contributed by atoms with van der Waals surface area (Å²) in [5.41, 5.74) is 6.37. The average Bonchev–Trinajstić information content (AvgIpc) is 2.99. The third-order valence-corrected chi connectivity index (χ3v) is 4.37.